The van der Waals surface area contributed by atoms with Gasteiger partial charge in [-0.3, -0.25) is 9.67 Å². The molecule has 122 valence electrons. The van der Waals surface area contributed by atoms with E-state index in [1.807, 2.05) is 62.5 Å². The number of hydrogen-bond donors (Lipinski definition) is 2. The Balaban J connectivity index is 1.64. The van der Waals surface area contributed by atoms with Crippen LogP contribution in [0.25, 0.3) is 11.4 Å². The van der Waals surface area contributed by atoms with Crippen molar-refractivity contribution in [2.24, 2.45) is 7.05 Å². The Morgan fingerprint density at radius 2 is 1.92 bits per heavy atom. The van der Waals surface area contributed by atoms with Crippen LogP contribution in [0.2, 0.25) is 0 Å². The molecule has 0 fully saturated rings. The predicted molar refractivity (Wildman–Crippen MR) is 93.5 cm³/mol. The van der Waals surface area contributed by atoms with Crippen molar-refractivity contribution in [1.29, 1.82) is 0 Å². The Kier molecular flexibility index (Phi) is 4.56. The first kappa shape index (κ1) is 15.7. The molecular formula is C18H19N5O. The fourth-order valence-electron chi connectivity index (χ4n) is 2.36. The van der Waals surface area contributed by atoms with E-state index in [4.69, 9.17) is 0 Å². The number of nitrogens with zero attached hydrogens (tertiary/aromatic N) is 3. The van der Waals surface area contributed by atoms with Crippen molar-refractivity contribution in [3.05, 3.63) is 66.0 Å². The summed E-state index contributed by atoms with van der Waals surface area (Å²) in [7, 11) is 1.85. The van der Waals surface area contributed by atoms with Crippen molar-refractivity contribution in [1.82, 2.24) is 20.1 Å². The van der Waals surface area contributed by atoms with E-state index < -0.39 is 0 Å². The van der Waals surface area contributed by atoms with E-state index in [1.165, 1.54) is 0 Å². The van der Waals surface area contributed by atoms with Crippen molar-refractivity contribution < 1.29 is 4.79 Å². The van der Waals surface area contributed by atoms with Gasteiger partial charge in [0.15, 0.2) is 0 Å². The van der Waals surface area contributed by atoms with E-state index in [0.717, 1.165) is 28.3 Å². The van der Waals surface area contributed by atoms with Crippen LogP contribution in [-0.4, -0.2) is 20.8 Å². The molecule has 2 amide bonds. The van der Waals surface area contributed by atoms with Crippen LogP contribution < -0.4 is 10.6 Å². The molecule has 0 radical (unpaired) electrons. The largest absolute Gasteiger partial charge is 0.332 e. The summed E-state index contributed by atoms with van der Waals surface area (Å²) in [6, 6.07) is 15.0. The Labute approximate surface area is 140 Å². The van der Waals surface area contributed by atoms with Crippen LogP contribution in [0, 0.1) is 6.92 Å². The number of aromatic nitrogens is 3. The minimum atomic E-state index is -0.245. The first-order valence-electron chi connectivity index (χ1n) is 7.68. The van der Waals surface area contributed by atoms with Gasteiger partial charge < -0.3 is 10.6 Å². The summed E-state index contributed by atoms with van der Waals surface area (Å²) >= 11 is 0. The van der Waals surface area contributed by atoms with Crippen LogP contribution in [-0.2, 0) is 13.6 Å². The summed E-state index contributed by atoms with van der Waals surface area (Å²) < 4.78 is 1.75. The Morgan fingerprint density at radius 3 is 2.67 bits per heavy atom. The molecule has 0 aliphatic rings. The molecule has 0 saturated carbocycles. The van der Waals surface area contributed by atoms with E-state index in [1.54, 1.807) is 10.9 Å². The molecular weight excluding hydrogens is 302 g/mol. The third kappa shape index (κ3) is 3.60. The van der Waals surface area contributed by atoms with Gasteiger partial charge in [-0.25, -0.2) is 4.79 Å². The third-order valence-corrected chi connectivity index (χ3v) is 3.73. The summed E-state index contributed by atoms with van der Waals surface area (Å²) in [6.45, 7) is 2.34. The minimum Gasteiger partial charge on any atom is -0.332 e. The van der Waals surface area contributed by atoms with Gasteiger partial charge in [-0.05, 0) is 36.8 Å². The Hall–Kier alpha value is -3.15. The van der Waals surface area contributed by atoms with Crippen molar-refractivity contribution in [3.8, 4) is 11.4 Å². The normalized spacial score (nSPS) is 10.4. The lowest BCUT2D eigenvalue weighted by Crippen LogP contribution is -2.29. The lowest BCUT2D eigenvalue weighted by molar-refractivity contribution is 0.251. The van der Waals surface area contributed by atoms with E-state index >= 15 is 0 Å². The fourth-order valence-corrected chi connectivity index (χ4v) is 2.36. The Bertz CT molecular complexity index is 842. The standard InChI is InChI=1S/C18H19N5O/c1-13-7-3-4-8-15(13)21-18(24)20-12-14-11-17(22-23(14)2)16-9-5-6-10-19-16/h3-11H,12H2,1-2H3,(H2,20,21,24). The highest BCUT2D eigenvalue weighted by Gasteiger charge is 2.09. The molecule has 0 aliphatic carbocycles. The summed E-state index contributed by atoms with van der Waals surface area (Å²) in [5.74, 6) is 0. The van der Waals surface area contributed by atoms with E-state index in [0.29, 0.717) is 6.54 Å². The number of amides is 2. The summed E-state index contributed by atoms with van der Waals surface area (Å²) in [6.07, 6.45) is 1.73. The smallest absolute Gasteiger partial charge is 0.319 e. The number of aryl methyl sites for hydroxylation is 2. The fraction of sp³-hybridized carbons (Fsp3) is 0.167. The molecule has 1 aromatic carbocycles. The molecule has 3 aromatic rings. The molecule has 0 bridgehead atoms. The Morgan fingerprint density at radius 1 is 1.12 bits per heavy atom. The number of urea groups is 1. The van der Waals surface area contributed by atoms with Gasteiger partial charge in [-0.1, -0.05) is 24.3 Å². The van der Waals surface area contributed by atoms with Gasteiger partial charge in [0.2, 0.25) is 0 Å². The zero-order valence-corrected chi connectivity index (χ0v) is 13.7. The molecule has 6 heteroatoms. The van der Waals surface area contributed by atoms with Gasteiger partial charge in [0.25, 0.3) is 0 Å². The van der Waals surface area contributed by atoms with Gasteiger partial charge in [0.1, 0.15) is 5.69 Å². The first-order valence-corrected chi connectivity index (χ1v) is 7.68. The number of benzene rings is 1. The molecule has 0 spiro atoms. The molecule has 2 heterocycles. The maximum absolute atomic E-state index is 12.1. The number of rotatable bonds is 4. The van der Waals surface area contributed by atoms with Gasteiger partial charge >= 0.3 is 6.03 Å². The lowest BCUT2D eigenvalue weighted by atomic mass is 10.2. The van der Waals surface area contributed by atoms with Crippen molar-refractivity contribution in [3.63, 3.8) is 0 Å². The highest BCUT2D eigenvalue weighted by atomic mass is 16.2. The zero-order valence-electron chi connectivity index (χ0n) is 13.7. The average Bonchev–Trinajstić information content (AvgIpc) is 2.97. The highest BCUT2D eigenvalue weighted by Crippen LogP contribution is 2.16. The number of anilines is 1. The summed E-state index contributed by atoms with van der Waals surface area (Å²) in [4.78, 5) is 16.4. The maximum atomic E-state index is 12.1. The van der Waals surface area contributed by atoms with Crippen molar-refractivity contribution in [2.75, 3.05) is 5.32 Å². The van der Waals surface area contributed by atoms with Crippen molar-refractivity contribution in [2.45, 2.75) is 13.5 Å². The van der Waals surface area contributed by atoms with Crippen LogP contribution in [0.4, 0.5) is 10.5 Å². The van der Waals surface area contributed by atoms with Crippen LogP contribution in [0.1, 0.15) is 11.3 Å². The third-order valence-electron chi connectivity index (χ3n) is 3.73. The first-order chi connectivity index (χ1) is 11.6. The van der Waals surface area contributed by atoms with E-state index in [9.17, 15) is 4.79 Å². The molecule has 3 rings (SSSR count). The molecule has 0 atom stereocenters. The topological polar surface area (TPSA) is 71.8 Å². The number of hydrogen-bond acceptors (Lipinski definition) is 3. The number of pyridine rings is 1. The quantitative estimate of drug-likeness (QED) is 0.775. The van der Waals surface area contributed by atoms with E-state index in [-0.39, 0.29) is 6.03 Å². The number of carbonyl (C=O) groups is 1. The summed E-state index contributed by atoms with van der Waals surface area (Å²) in [5, 5.41) is 10.1. The molecule has 0 aliphatic heterocycles. The molecule has 24 heavy (non-hydrogen) atoms. The number of nitrogens with one attached hydrogen (secondary N) is 2. The lowest BCUT2D eigenvalue weighted by Gasteiger charge is -2.09. The maximum Gasteiger partial charge on any atom is 0.319 e. The second kappa shape index (κ2) is 6.95. The number of para-hydroxylation sites is 1. The molecule has 6 nitrogen and oxygen atoms in total. The number of carbonyl (C=O) groups excluding carboxylic acids is 1. The molecule has 0 unspecified atom stereocenters. The van der Waals surface area contributed by atoms with Gasteiger partial charge in [0.05, 0.1) is 17.9 Å². The van der Waals surface area contributed by atoms with Gasteiger partial charge in [0, 0.05) is 18.9 Å². The second-order valence-corrected chi connectivity index (χ2v) is 5.48. The SMILES string of the molecule is Cc1ccccc1NC(=O)NCc1cc(-c2ccccn2)nn1C. The molecule has 0 saturated heterocycles. The molecule has 2 N–H and O–H groups in total. The van der Waals surface area contributed by atoms with Gasteiger partial charge in [-0.2, -0.15) is 5.10 Å². The van der Waals surface area contributed by atoms with E-state index in [2.05, 4.69) is 20.7 Å². The predicted octanol–water partition coefficient (Wildman–Crippen LogP) is 3.11. The minimum absolute atomic E-state index is 0.245. The van der Waals surface area contributed by atoms with Crippen LogP contribution in [0.15, 0.2) is 54.7 Å². The van der Waals surface area contributed by atoms with Crippen LogP contribution >= 0.6 is 0 Å². The average molecular weight is 321 g/mol. The van der Waals surface area contributed by atoms with Crippen molar-refractivity contribution >= 4 is 11.7 Å². The van der Waals surface area contributed by atoms with Gasteiger partial charge in [-0.15, -0.1) is 0 Å². The van der Waals surface area contributed by atoms with Crippen LogP contribution in [0.5, 0.6) is 0 Å². The zero-order chi connectivity index (χ0) is 16.9. The molecule has 2 aromatic heterocycles. The second-order valence-electron chi connectivity index (χ2n) is 5.48. The summed E-state index contributed by atoms with van der Waals surface area (Å²) in [5.41, 5.74) is 4.31. The highest BCUT2D eigenvalue weighted by molar-refractivity contribution is 5.89. The van der Waals surface area contributed by atoms with Crippen LogP contribution in [0.3, 0.4) is 0 Å². The monoisotopic (exact) mass is 321 g/mol.